The van der Waals surface area contributed by atoms with Crippen LogP contribution < -0.4 is 14.8 Å². The van der Waals surface area contributed by atoms with Gasteiger partial charge >= 0.3 is 5.97 Å². The fourth-order valence-electron chi connectivity index (χ4n) is 2.58. The number of nitrogens with one attached hydrogen (secondary N) is 1. The van der Waals surface area contributed by atoms with E-state index in [1.807, 2.05) is 12.1 Å². The van der Waals surface area contributed by atoms with Gasteiger partial charge in [0.15, 0.2) is 18.1 Å². The highest BCUT2D eigenvalue weighted by atomic mass is 16.6. The minimum absolute atomic E-state index is 0.0143. The predicted molar refractivity (Wildman–Crippen MR) is 104 cm³/mol. The molecule has 2 aromatic carbocycles. The van der Waals surface area contributed by atoms with E-state index in [9.17, 15) is 19.7 Å². The lowest BCUT2D eigenvalue weighted by Gasteiger charge is -2.10. The number of benzene rings is 2. The SMILES string of the molecule is COc1ccc(CCNC(=O)COC(=O)c2ccc(C)c([N+](=O)[O-])c2)cc1OC. The molecular weight excluding hydrogens is 380 g/mol. The second-order valence-corrected chi connectivity index (χ2v) is 6.12. The molecule has 2 aromatic rings. The summed E-state index contributed by atoms with van der Waals surface area (Å²) in [6, 6.07) is 9.45. The van der Waals surface area contributed by atoms with E-state index in [4.69, 9.17) is 14.2 Å². The topological polar surface area (TPSA) is 117 Å². The zero-order valence-corrected chi connectivity index (χ0v) is 16.4. The third kappa shape index (κ3) is 5.93. The first-order valence-corrected chi connectivity index (χ1v) is 8.75. The molecule has 0 spiro atoms. The van der Waals surface area contributed by atoms with Gasteiger partial charge in [-0.15, -0.1) is 0 Å². The number of hydrogen-bond acceptors (Lipinski definition) is 7. The number of nitrogens with zero attached hydrogens (tertiary/aromatic N) is 1. The normalized spacial score (nSPS) is 10.2. The van der Waals surface area contributed by atoms with Crippen LogP contribution in [0.15, 0.2) is 36.4 Å². The third-order valence-electron chi connectivity index (χ3n) is 4.16. The van der Waals surface area contributed by atoms with Crippen LogP contribution in [0.3, 0.4) is 0 Å². The van der Waals surface area contributed by atoms with Crippen molar-refractivity contribution in [2.24, 2.45) is 0 Å². The quantitative estimate of drug-likeness (QED) is 0.389. The van der Waals surface area contributed by atoms with E-state index in [0.717, 1.165) is 11.6 Å². The molecule has 29 heavy (non-hydrogen) atoms. The summed E-state index contributed by atoms with van der Waals surface area (Å²) in [5, 5.41) is 13.6. The van der Waals surface area contributed by atoms with Crippen LogP contribution in [0, 0.1) is 17.0 Å². The minimum Gasteiger partial charge on any atom is -0.493 e. The van der Waals surface area contributed by atoms with E-state index in [2.05, 4.69) is 5.32 Å². The highest BCUT2D eigenvalue weighted by Crippen LogP contribution is 2.27. The number of nitro benzene ring substituents is 1. The van der Waals surface area contributed by atoms with Crippen LogP contribution in [0.5, 0.6) is 11.5 Å². The van der Waals surface area contributed by atoms with Gasteiger partial charge < -0.3 is 19.5 Å². The average Bonchev–Trinajstić information content (AvgIpc) is 2.71. The molecule has 0 aromatic heterocycles. The zero-order chi connectivity index (χ0) is 21.4. The average molecular weight is 402 g/mol. The molecule has 0 radical (unpaired) electrons. The number of ether oxygens (including phenoxy) is 3. The van der Waals surface area contributed by atoms with Crippen molar-refractivity contribution in [3.63, 3.8) is 0 Å². The van der Waals surface area contributed by atoms with Crippen LogP contribution in [-0.4, -0.2) is 44.2 Å². The fraction of sp³-hybridized carbons (Fsp3) is 0.300. The van der Waals surface area contributed by atoms with E-state index in [-0.39, 0.29) is 11.3 Å². The van der Waals surface area contributed by atoms with Crippen LogP contribution in [0.1, 0.15) is 21.5 Å². The van der Waals surface area contributed by atoms with Gasteiger partial charge in [-0.25, -0.2) is 4.79 Å². The molecule has 0 bridgehead atoms. The molecule has 0 fully saturated rings. The van der Waals surface area contributed by atoms with E-state index in [1.165, 1.54) is 12.1 Å². The molecule has 0 unspecified atom stereocenters. The van der Waals surface area contributed by atoms with Crippen LogP contribution in [-0.2, 0) is 16.0 Å². The lowest BCUT2D eigenvalue weighted by molar-refractivity contribution is -0.385. The maximum absolute atomic E-state index is 12.0. The number of carbonyl (C=O) groups excluding carboxylic acids is 2. The maximum atomic E-state index is 12.0. The summed E-state index contributed by atoms with van der Waals surface area (Å²) in [5.74, 6) is -0.0652. The summed E-state index contributed by atoms with van der Waals surface area (Å²) in [6.07, 6.45) is 0.546. The van der Waals surface area contributed by atoms with Crippen molar-refractivity contribution in [2.75, 3.05) is 27.4 Å². The molecule has 1 amide bonds. The summed E-state index contributed by atoms with van der Waals surface area (Å²) in [7, 11) is 3.09. The summed E-state index contributed by atoms with van der Waals surface area (Å²) in [5.41, 5.74) is 1.20. The van der Waals surface area contributed by atoms with Gasteiger partial charge in [0.1, 0.15) is 0 Å². The van der Waals surface area contributed by atoms with Crippen molar-refractivity contribution in [1.29, 1.82) is 0 Å². The molecule has 0 aliphatic carbocycles. The molecular formula is C20H22N2O7. The van der Waals surface area contributed by atoms with Gasteiger partial charge in [0.25, 0.3) is 11.6 Å². The van der Waals surface area contributed by atoms with Crippen molar-refractivity contribution in [3.8, 4) is 11.5 Å². The van der Waals surface area contributed by atoms with E-state index < -0.39 is 23.4 Å². The first-order valence-electron chi connectivity index (χ1n) is 8.75. The summed E-state index contributed by atoms with van der Waals surface area (Å²) >= 11 is 0. The Kier molecular flexibility index (Phi) is 7.53. The molecule has 2 rings (SSSR count). The Hall–Kier alpha value is -3.62. The Morgan fingerprint density at radius 1 is 1.07 bits per heavy atom. The molecule has 0 saturated heterocycles. The van der Waals surface area contributed by atoms with Crippen molar-refractivity contribution in [2.45, 2.75) is 13.3 Å². The smallest absolute Gasteiger partial charge is 0.338 e. The van der Waals surface area contributed by atoms with Gasteiger partial charge in [-0.2, -0.15) is 0 Å². The Morgan fingerprint density at radius 3 is 2.45 bits per heavy atom. The van der Waals surface area contributed by atoms with Crippen molar-refractivity contribution in [3.05, 3.63) is 63.2 Å². The van der Waals surface area contributed by atoms with Gasteiger partial charge in [0.2, 0.25) is 0 Å². The Balaban J connectivity index is 1.82. The van der Waals surface area contributed by atoms with Crippen molar-refractivity contribution >= 4 is 17.6 Å². The molecule has 9 nitrogen and oxygen atoms in total. The number of esters is 1. The predicted octanol–water partition coefficient (Wildman–Crippen LogP) is 2.44. The number of methoxy groups -OCH3 is 2. The fourth-order valence-corrected chi connectivity index (χ4v) is 2.58. The lowest BCUT2D eigenvalue weighted by Crippen LogP contribution is -2.30. The molecule has 0 aliphatic heterocycles. The third-order valence-corrected chi connectivity index (χ3v) is 4.16. The second kappa shape index (κ2) is 10.1. The monoisotopic (exact) mass is 402 g/mol. The number of carbonyl (C=O) groups is 2. The highest BCUT2D eigenvalue weighted by Gasteiger charge is 2.16. The number of hydrogen-bond donors (Lipinski definition) is 1. The van der Waals surface area contributed by atoms with Crippen LogP contribution in [0.4, 0.5) is 5.69 Å². The molecule has 0 heterocycles. The molecule has 0 aliphatic rings. The standard InChI is InChI=1S/C20H22N2O7/c1-13-4-6-15(11-16(13)22(25)26)20(24)29-12-19(23)21-9-8-14-5-7-17(27-2)18(10-14)28-3/h4-7,10-11H,8-9,12H2,1-3H3,(H,21,23). The van der Waals surface area contributed by atoms with E-state index in [0.29, 0.717) is 30.0 Å². The molecule has 0 saturated carbocycles. The van der Waals surface area contributed by atoms with Crippen LogP contribution in [0.2, 0.25) is 0 Å². The van der Waals surface area contributed by atoms with Crippen LogP contribution in [0.25, 0.3) is 0 Å². The van der Waals surface area contributed by atoms with Gasteiger partial charge in [-0.05, 0) is 37.1 Å². The van der Waals surface area contributed by atoms with Gasteiger partial charge in [-0.3, -0.25) is 14.9 Å². The van der Waals surface area contributed by atoms with Gasteiger partial charge in [0, 0.05) is 18.2 Å². The van der Waals surface area contributed by atoms with Crippen LogP contribution >= 0.6 is 0 Å². The van der Waals surface area contributed by atoms with Gasteiger partial charge in [0.05, 0.1) is 24.7 Å². The lowest BCUT2D eigenvalue weighted by atomic mass is 10.1. The summed E-state index contributed by atoms with van der Waals surface area (Å²) < 4.78 is 15.3. The molecule has 1 N–H and O–H groups in total. The minimum atomic E-state index is -0.803. The Morgan fingerprint density at radius 2 is 1.79 bits per heavy atom. The van der Waals surface area contributed by atoms with E-state index in [1.54, 1.807) is 27.2 Å². The van der Waals surface area contributed by atoms with Crippen molar-refractivity contribution < 1.29 is 28.7 Å². The molecule has 154 valence electrons. The van der Waals surface area contributed by atoms with E-state index >= 15 is 0 Å². The summed E-state index contributed by atoms with van der Waals surface area (Å²) in [4.78, 5) is 34.3. The second-order valence-electron chi connectivity index (χ2n) is 6.12. The number of nitro groups is 1. The Bertz CT molecular complexity index is 912. The maximum Gasteiger partial charge on any atom is 0.338 e. The van der Waals surface area contributed by atoms with Crippen molar-refractivity contribution in [1.82, 2.24) is 5.32 Å². The largest absolute Gasteiger partial charge is 0.493 e. The summed E-state index contributed by atoms with van der Waals surface area (Å²) in [6.45, 7) is 1.42. The number of rotatable bonds is 9. The molecule has 0 atom stereocenters. The number of aryl methyl sites for hydroxylation is 1. The highest BCUT2D eigenvalue weighted by molar-refractivity contribution is 5.92. The zero-order valence-electron chi connectivity index (χ0n) is 16.4. The van der Waals surface area contributed by atoms with Gasteiger partial charge in [-0.1, -0.05) is 12.1 Å². The first kappa shape index (κ1) is 21.7. The number of amides is 1. The first-order chi connectivity index (χ1) is 13.8. The Labute approximate surface area is 167 Å². The molecule has 9 heteroatoms.